The molecule has 0 aliphatic carbocycles. The summed E-state index contributed by atoms with van der Waals surface area (Å²) >= 11 is 0. The largest absolute Gasteiger partial charge is 0.380 e. The number of rotatable bonds is 4. The predicted molar refractivity (Wildman–Crippen MR) is 49.1 cm³/mol. The molecule has 1 atom stereocenters. The quantitative estimate of drug-likeness (QED) is 0.487. The van der Waals surface area contributed by atoms with E-state index in [4.69, 9.17) is 0 Å². The average Bonchev–Trinajstić information content (AvgIpc) is 2.00. The highest BCUT2D eigenvalue weighted by molar-refractivity contribution is 5.93. The van der Waals surface area contributed by atoms with Crippen molar-refractivity contribution in [2.24, 2.45) is 4.99 Å². The smallest absolute Gasteiger partial charge is 0.117 e. The highest BCUT2D eigenvalue weighted by atomic mass is 16.3. The average molecular weight is 155 g/mol. The van der Waals surface area contributed by atoms with Crippen LogP contribution >= 0.6 is 0 Å². The van der Waals surface area contributed by atoms with E-state index in [2.05, 4.69) is 11.6 Å². The van der Waals surface area contributed by atoms with Gasteiger partial charge >= 0.3 is 0 Å². The van der Waals surface area contributed by atoms with E-state index in [0.29, 0.717) is 6.54 Å². The van der Waals surface area contributed by atoms with Gasteiger partial charge in [0.25, 0.3) is 0 Å². The molecule has 0 saturated heterocycles. The highest BCUT2D eigenvalue weighted by Gasteiger charge is 2.20. The zero-order valence-corrected chi connectivity index (χ0v) is 7.59. The van der Waals surface area contributed by atoms with Crippen LogP contribution in [0, 0.1) is 0 Å². The van der Waals surface area contributed by atoms with Crippen molar-refractivity contribution < 1.29 is 5.11 Å². The monoisotopic (exact) mass is 155 g/mol. The lowest BCUT2D eigenvalue weighted by Gasteiger charge is -2.20. The fourth-order valence-corrected chi connectivity index (χ4v) is 0.938. The van der Waals surface area contributed by atoms with Crippen LogP contribution in [-0.4, -0.2) is 23.0 Å². The van der Waals surface area contributed by atoms with Crippen LogP contribution in [0.25, 0.3) is 0 Å². The third-order valence-corrected chi connectivity index (χ3v) is 1.67. The molecule has 0 radical (unpaired) electrons. The lowest BCUT2D eigenvalue weighted by molar-refractivity contribution is 0.182. The number of hydrogen-bond donors (Lipinski definition) is 1. The number of aliphatic hydroxyl groups is 1. The van der Waals surface area contributed by atoms with Gasteiger partial charge in [-0.15, -0.1) is 0 Å². The summed E-state index contributed by atoms with van der Waals surface area (Å²) in [5.41, 5.74) is -0.125. The first kappa shape index (κ1) is 10.4. The van der Waals surface area contributed by atoms with Crippen LogP contribution in [-0.2, 0) is 0 Å². The molecule has 0 saturated carbocycles. The first-order chi connectivity index (χ1) is 5.08. The molecular formula is C9H17NO. The van der Waals surface area contributed by atoms with Gasteiger partial charge in [0.15, 0.2) is 0 Å². The normalized spacial score (nSPS) is 17.6. The fraction of sp³-hybridized carbons (Fsp3) is 0.667. The Morgan fingerprint density at radius 3 is 2.45 bits per heavy atom. The molecule has 0 heterocycles. The van der Waals surface area contributed by atoms with E-state index < -0.39 is 5.60 Å². The Morgan fingerprint density at radius 2 is 2.18 bits per heavy atom. The van der Waals surface area contributed by atoms with Crippen LogP contribution < -0.4 is 0 Å². The fourth-order valence-electron chi connectivity index (χ4n) is 0.938. The maximum Gasteiger partial charge on any atom is 0.117 e. The molecule has 0 rings (SSSR count). The van der Waals surface area contributed by atoms with Gasteiger partial charge in [-0.05, 0) is 20.3 Å². The molecule has 2 nitrogen and oxygen atoms in total. The Balaban J connectivity index is 4.48. The second kappa shape index (κ2) is 4.29. The molecule has 0 amide bonds. The molecule has 0 spiro atoms. The summed E-state index contributed by atoms with van der Waals surface area (Å²) in [5.74, 6) is 0. The van der Waals surface area contributed by atoms with E-state index in [1.165, 1.54) is 6.08 Å². The molecule has 0 aromatic rings. The molecule has 11 heavy (non-hydrogen) atoms. The van der Waals surface area contributed by atoms with Gasteiger partial charge in [0, 0.05) is 12.3 Å². The summed E-state index contributed by atoms with van der Waals surface area (Å²) in [5, 5.41) is 9.67. The molecule has 0 aliphatic rings. The lowest BCUT2D eigenvalue weighted by Crippen LogP contribution is -2.32. The van der Waals surface area contributed by atoms with Crippen molar-refractivity contribution in [3.05, 3.63) is 12.7 Å². The van der Waals surface area contributed by atoms with E-state index in [9.17, 15) is 5.11 Å². The van der Waals surface area contributed by atoms with Crippen molar-refractivity contribution in [1.29, 1.82) is 0 Å². The standard InChI is InChI=1S/C9H17NO/c1-5-8(10-7-3)9(4,11)6-2/h6,11H,2,5,7H2,1,3-4H3. The van der Waals surface area contributed by atoms with Gasteiger partial charge in [0.1, 0.15) is 5.60 Å². The SMILES string of the molecule is C=CC(C)(O)C(CC)=NCC. The number of nitrogens with zero attached hydrogens (tertiary/aromatic N) is 1. The third-order valence-electron chi connectivity index (χ3n) is 1.67. The Morgan fingerprint density at radius 1 is 1.64 bits per heavy atom. The van der Waals surface area contributed by atoms with Gasteiger partial charge in [-0.3, -0.25) is 4.99 Å². The van der Waals surface area contributed by atoms with Gasteiger partial charge in [-0.2, -0.15) is 0 Å². The van der Waals surface area contributed by atoms with Gasteiger partial charge < -0.3 is 5.11 Å². The van der Waals surface area contributed by atoms with Crippen LogP contribution in [0.1, 0.15) is 27.2 Å². The summed E-state index contributed by atoms with van der Waals surface area (Å²) in [6.07, 6.45) is 2.29. The maximum absolute atomic E-state index is 9.67. The van der Waals surface area contributed by atoms with Crippen molar-refractivity contribution >= 4 is 5.71 Å². The minimum atomic E-state index is -0.926. The Bertz CT molecular complexity index is 159. The van der Waals surface area contributed by atoms with E-state index in [0.717, 1.165) is 12.1 Å². The van der Waals surface area contributed by atoms with Crippen LogP contribution in [0.2, 0.25) is 0 Å². The summed E-state index contributed by atoms with van der Waals surface area (Å²) in [7, 11) is 0. The number of hydrogen-bond acceptors (Lipinski definition) is 2. The first-order valence-electron chi connectivity index (χ1n) is 3.98. The van der Waals surface area contributed by atoms with Crippen LogP contribution in [0.4, 0.5) is 0 Å². The topological polar surface area (TPSA) is 32.6 Å². The Hall–Kier alpha value is -0.630. The van der Waals surface area contributed by atoms with Gasteiger partial charge in [-0.25, -0.2) is 0 Å². The van der Waals surface area contributed by atoms with Gasteiger partial charge in [0.2, 0.25) is 0 Å². The Labute approximate surface area is 68.7 Å². The molecule has 1 N–H and O–H groups in total. The molecule has 0 fully saturated rings. The molecule has 1 unspecified atom stereocenters. The zero-order chi connectivity index (χ0) is 8.91. The molecule has 0 aromatic carbocycles. The molecular weight excluding hydrogens is 138 g/mol. The summed E-state index contributed by atoms with van der Waals surface area (Å²) in [6.45, 7) is 9.91. The summed E-state index contributed by atoms with van der Waals surface area (Å²) in [6, 6.07) is 0. The van der Waals surface area contributed by atoms with Crippen molar-refractivity contribution in [2.45, 2.75) is 32.8 Å². The van der Waals surface area contributed by atoms with Crippen molar-refractivity contribution in [3.8, 4) is 0 Å². The first-order valence-corrected chi connectivity index (χ1v) is 3.98. The zero-order valence-electron chi connectivity index (χ0n) is 7.59. The highest BCUT2D eigenvalue weighted by Crippen LogP contribution is 2.10. The predicted octanol–water partition coefficient (Wildman–Crippen LogP) is 1.79. The van der Waals surface area contributed by atoms with Crippen molar-refractivity contribution in [3.63, 3.8) is 0 Å². The second-order valence-electron chi connectivity index (χ2n) is 2.63. The van der Waals surface area contributed by atoms with Gasteiger partial charge in [-0.1, -0.05) is 19.6 Å². The minimum absolute atomic E-state index is 0.715. The molecule has 0 bridgehead atoms. The lowest BCUT2D eigenvalue weighted by atomic mass is 9.98. The molecule has 0 aromatic heterocycles. The van der Waals surface area contributed by atoms with E-state index >= 15 is 0 Å². The minimum Gasteiger partial charge on any atom is -0.380 e. The second-order valence-corrected chi connectivity index (χ2v) is 2.63. The van der Waals surface area contributed by atoms with Crippen LogP contribution in [0.15, 0.2) is 17.6 Å². The van der Waals surface area contributed by atoms with Crippen LogP contribution in [0.3, 0.4) is 0 Å². The van der Waals surface area contributed by atoms with E-state index in [1.54, 1.807) is 6.92 Å². The summed E-state index contributed by atoms with van der Waals surface area (Å²) in [4.78, 5) is 4.18. The van der Waals surface area contributed by atoms with Crippen molar-refractivity contribution in [2.75, 3.05) is 6.54 Å². The summed E-state index contributed by atoms with van der Waals surface area (Å²) < 4.78 is 0. The van der Waals surface area contributed by atoms with Gasteiger partial charge in [0.05, 0.1) is 0 Å². The third kappa shape index (κ3) is 2.85. The molecule has 64 valence electrons. The van der Waals surface area contributed by atoms with Crippen molar-refractivity contribution in [1.82, 2.24) is 0 Å². The Kier molecular flexibility index (Phi) is 4.04. The molecule has 2 heteroatoms. The van der Waals surface area contributed by atoms with E-state index in [-0.39, 0.29) is 0 Å². The number of aliphatic imine (C=N–C) groups is 1. The maximum atomic E-state index is 9.67. The van der Waals surface area contributed by atoms with Crippen LogP contribution in [0.5, 0.6) is 0 Å². The molecule has 0 aliphatic heterocycles. The van der Waals surface area contributed by atoms with E-state index in [1.807, 2.05) is 13.8 Å².